The molecule has 8 heteroatoms. The van der Waals surface area contributed by atoms with Crippen molar-refractivity contribution in [3.63, 3.8) is 0 Å². The molecule has 0 aliphatic heterocycles. The second-order valence-corrected chi connectivity index (χ2v) is 7.62. The number of amides is 1. The van der Waals surface area contributed by atoms with Crippen LogP contribution in [0.15, 0.2) is 34.0 Å². The van der Waals surface area contributed by atoms with Crippen LogP contribution in [0.25, 0.3) is 11.1 Å². The van der Waals surface area contributed by atoms with Gasteiger partial charge >= 0.3 is 0 Å². The molecule has 0 bridgehead atoms. The van der Waals surface area contributed by atoms with Gasteiger partial charge in [-0.1, -0.05) is 6.07 Å². The Bertz CT molecular complexity index is 1020. The van der Waals surface area contributed by atoms with Crippen LogP contribution in [0.4, 0.5) is 0 Å². The number of methoxy groups -OCH3 is 3. The van der Waals surface area contributed by atoms with E-state index in [2.05, 4.69) is 5.32 Å². The van der Waals surface area contributed by atoms with Crippen LogP contribution in [0.5, 0.6) is 17.2 Å². The van der Waals surface area contributed by atoms with Crippen LogP contribution >= 0.6 is 11.8 Å². The van der Waals surface area contributed by atoms with Gasteiger partial charge in [-0.2, -0.15) is 0 Å². The number of thioether (sulfide) groups is 1. The van der Waals surface area contributed by atoms with E-state index in [1.165, 1.54) is 11.8 Å². The van der Waals surface area contributed by atoms with Gasteiger partial charge in [0.25, 0.3) is 0 Å². The van der Waals surface area contributed by atoms with Gasteiger partial charge in [0.2, 0.25) is 11.7 Å². The SMILES string of the molecule is COc1cc2c(c(OC)c1OC)-c1ccc(SC)c(=O)cc1[C@H](NC(=O)CO)CC2. The molecule has 1 aliphatic carbocycles. The number of fused-ring (bicyclic) bond motifs is 3. The van der Waals surface area contributed by atoms with E-state index >= 15 is 0 Å². The lowest BCUT2D eigenvalue weighted by Gasteiger charge is -2.19. The molecule has 0 aromatic heterocycles. The van der Waals surface area contributed by atoms with E-state index in [4.69, 9.17) is 14.2 Å². The third-order valence-corrected chi connectivity index (χ3v) is 5.98. The Morgan fingerprint density at radius 2 is 1.90 bits per heavy atom. The number of benzene rings is 1. The van der Waals surface area contributed by atoms with E-state index in [1.54, 1.807) is 33.5 Å². The van der Waals surface area contributed by atoms with Gasteiger partial charge in [0.1, 0.15) is 6.61 Å². The van der Waals surface area contributed by atoms with Crippen molar-refractivity contribution in [3.8, 4) is 28.4 Å². The van der Waals surface area contributed by atoms with Crippen molar-refractivity contribution in [1.82, 2.24) is 5.32 Å². The Hall–Kier alpha value is -2.71. The summed E-state index contributed by atoms with van der Waals surface area (Å²) >= 11 is 1.36. The van der Waals surface area contributed by atoms with Gasteiger partial charge in [-0.25, -0.2) is 0 Å². The highest BCUT2D eigenvalue weighted by Crippen LogP contribution is 2.50. The van der Waals surface area contributed by atoms with Gasteiger partial charge in [0.15, 0.2) is 16.9 Å². The maximum atomic E-state index is 12.8. The minimum absolute atomic E-state index is 0.130. The molecule has 0 radical (unpaired) electrons. The molecule has 1 amide bonds. The van der Waals surface area contributed by atoms with Crippen molar-refractivity contribution in [2.45, 2.75) is 23.8 Å². The maximum Gasteiger partial charge on any atom is 0.246 e. The molecule has 0 heterocycles. The van der Waals surface area contributed by atoms with Crippen molar-refractivity contribution in [1.29, 1.82) is 0 Å². The minimum Gasteiger partial charge on any atom is -0.493 e. The van der Waals surface area contributed by atoms with Gasteiger partial charge < -0.3 is 24.6 Å². The topological polar surface area (TPSA) is 94.1 Å². The first kappa shape index (κ1) is 22.0. The molecular formula is C22H25NO6S. The third kappa shape index (κ3) is 3.97. The van der Waals surface area contributed by atoms with Crippen LogP contribution in [0.1, 0.15) is 23.6 Å². The lowest BCUT2D eigenvalue weighted by Crippen LogP contribution is -2.31. The maximum absolute atomic E-state index is 12.8. The largest absolute Gasteiger partial charge is 0.493 e. The Morgan fingerprint density at radius 3 is 2.50 bits per heavy atom. The lowest BCUT2D eigenvalue weighted by atomic mass is 9.95. The molecular weight excluding hydrogens is 406 g/mol. The van der Waals surface area contributed by atoms with Crippen LogP contribution in [-0.2, 0) is 11.2 Å². The van der Waals surface area contributed by atoms with E-state index in [9.17, 15) is 14.7 Å². The summed E-state index contributed by atoms with van der Waals surface area (Å²) in [7, 11) is 4.66. The van der Waals surface area contributed by atoms with Crippen LogP contribution in [0.2, 0.25) is 0 Å². The summed E-state index contributed by atoms with van der Waals surface area (Å²) in [6.45, 7) is -0.622. The van der Waals surface area contributed by atoms with Crippen molar-refractivity contribution in [2.24, 2.45) is 0 Å². The third-order valence-electron chi connectivity index (χ3n) is 5.20. The number of nitrogens with one attached hydrogen (secondary N) is 1. The predicted molar refractivity (Wildman–Crippen MR) is 116 cm³/mol. The predicted octanol–water partition coefficient (Wildman–Crippen LogP) is 2.56. The molecule has 0 unspecified atom stereocenters. The highest BCUT2D eigenvalue weighted by atomic mass is 32.2. The first-order valence-corrected chi connectivity index (χ1v) is 10.7. The van der Waals surface area contributed by atoms with Crippen LogP contribution in [0.3, 0.4) is 0 Å². The van der Waals surface area contributed by atoms with Gasteiger partial charge in [-0.05, 0) is 54.0 Å². The molecule has 1 atom stereocenters. The zero-order valence-electron chi connectivity index (χ0n) is 17.4. The first-order valence-electron chi connectivity index (χ1n) is 9.43. The normalized spacial score (nSPS) is 14.8. The Labute approximate surface area is 179 Å². The Morgan fingerprint density at radius 1 is 1.17 bits per heavy atom. The molecule has 160 valence electrons. The number of carbonyl (C=O) groups excluding carboxylic acids is 1. The molecule has 0 saturated heterocycles. The average molecular weight is 432 g/mol. The van der Waals surface area contributed by atoms with E-state index < -0.39 is 18.6 Å². The summed E-state index contributed by atoms with van der Waals surface area (Å²) < 4.78 is 16.8. The molecule has 7 nitrogen and oxygen atoms in total. The summed E-state index contributed by atoms with van der Waals surface area (Å²) in [5.41, 5.74) is 3.06. The number of rotatable bonds is 6. The van der Waals surface area contributed by atoms with Gasteiger partial charge in [0, 0.05) is 5.56 Å². The summed E-state index contributed by atoms with van der Waals surface area (Å²) in [6.07, 6.45) is 2.99. The summed E-state index contributed by atoms with van der Waals surface area (Å²) in [5.74, 6) is 1.01. The number of aliphatic hydroxyl groups excluding tert-OH is 1. The Kier molecular flexibility index (Phi) is 6.89. The van der Waals surface area contributed by atoms with Crippen LogP contribution < -0.4 is 25.0 Å². The number of hydrogen-bond acceptors (Lipinski definition) is 7. The van der Waals surface area contributed by atoms with Crippen molar-refractivity contribution in [2.75, 3.05) is 34.2 Å². The highest BCUT2D eigenvalue weighted by molar-refractivity contribution is 7.98. The zero-order valence-corrected chi connectivity index (χ0v) is 18.2. The molecule has 1 aliphatic rings. The Balaban J connectivity index is 2.38. The monoisotopic (exact) mass is 431 g/mol. The second-order valence-electron chi connectivity index (χ2n) is 6.78. The van der Waals surface area contributed by atoms with Crippen LogP contribution in [-0.4, -0.2) is 45.2 Å². The first-order chi connectivity index (χ1) is 14.5. The number of carbonyl (C=O) groups is 1. The van der Waals surface area contributed by atoms with E-state index in [-0.39, 0.29) is 5.43 Å². The zero-order chi connectivity index (χ0) is 21.8. The minimum atomic E-state index is -0.622. The van der Waals surface area contributed by atoms with E-state index in [0.717, 1.165) is 16.7 Å². The number of ether oxygens (including phenoxy) is 3. The van der Waals surface area contributed by atoms with Crippen molar-refractivity contribution < 1.29 is 24.1 Å². The molecule has 3 rings (SSSR count). The summed E-state index contributed by atoms with van der Waals surface area (Å²) in [5, 5.41) is 12.1. The fourth-order valence-electron chi connectivity index (χ4n) is 3.86. The van der Waals surface area contributed by atoms with Crippen molar-refractivity contribution >= 4 is 17.7 Å². The lowest BCUT2D eigenvalue weighted by molar-refractivity contribution is -0.124. The molecule has 2 aromatic carbocycles. The number of hydrogen-bond donors (Lipinski definition) is 2. The quantitative estimate of drug-likeness (QED) is 0.679. The molecule has 30 heavy (non-hydrogen) atoms. The van der Waals surface area contributed by atoms with Gasteiger partial charge in [-0.3, -0.25) is 9.59 Å². The van der Waals surface area contributed by atoms with Gasteiger partial charge in [-0.15, -0.1) is 11.8 Å². The molecule has 0 spiro atoms. The fraction of sp³-hybridized carbons (Fsp3) is 0.364. The highest BCUT2D eigenvalue weighted by Gasteiger charge is 2.29. The smallest absolute Gasteiger partial charge is 0.246 e. The number of aryl methyl sites for hydroxylation is 1. The van der Waals surface area contributed by atoms with E-state index in [0.29, 0.717) is 40.5 Å². The van der Waals surface area contributed by atoms with Crippen LogP contribution in [0, 0.1) is 0 Å². The fourth-order valence-corrected chi connectivity index (χ4v) is 4.32. The molecule has 0 saturated carbocycles. The van der Waals surface area contributed by atoms with Crippen molar-refractivity contribution in [3.05, 3.63) is 45.6 Å². The summed E-state index contributed by atoms with van der Waals surface area (Å²) in [4.78, 5) is 25.3. The molecule has 2 N–H and O–H groups in total. The summed E-state index contributed by atoms with van der Waals surface area (Å²) in [6, 6.07) is 6.68. The van der Waals surface area contributed by atoms with E-state index in [1.807, 2.05) is 18.4 Å². The van der Waals surface area contributed by atoms with Gasteiger partial charge in [0.05, 0.1) is 32.3 Å². The number of aliphatic hydroxyl groups is 1. The molecule has 2 aromatic rings. The molecule has 0 fully saturated rings. The standard InChI is InChI=1S/C22H25NO6S/c1-27-17-9-12-5-7-15(23-19(26)11-24)14-10-16(25)18(30-4)8-6-13(14)20(12)22(29-3)21(17)28-2/h6,8-10,15,24H,5,7,11H2,1-4H3,(H,23,26)/t15-/m1/s1. The second kappa shape index (κ2) is 9.40. The average Bonchev–Trinajstić information content (AvgIpc) is 3.00.